The van der Waals surface area contributed by atoms with E-state index in [0.29, 0.717) is 4.47 Å². The van der Waals surface area contributed by atoms with Gasteiger partial charge in [-0.1, -0.05) is 11.6 Å². The fourth-order valence-corrected chi connectivity index (χ4v) is 2.47. The fraction of sp³-hybridized carbons (Fsp3) is 0.333. The molecule has 0 bridgehead atoms. The SMILES string of the molecule is Fc1c(Cl)cc2c(c1Br)NCCC2. The van der Waals surface area contributed by atoms with Crippen LogP contribution in [0.25, 0.3) is 0 Å². The van der Waals surface area contributed by atoms with Crippen molar-refractivity contribution in [3.05, 3.63) is 26.9 Å². The highest BCUT2D eigenvalue weighted by molar-refractivity contribution is 9.10. The summed E-state index contributed by atoms with van der Waals surface area (Å²) in [4.78, 5) is 0. The first-order chi connectivity index (χ1) is 6.20. The molecule has 0 saturated carbocycles. The van der Waals surface area contributed by atoms with Crippen LogP contribution in [0.15, 0.2) is 10.5 Å². The van der Waals surface area contributed by atoms with Gasteiger partial charge in [-0.15, -0.1) is 0 Å². The maximum Gasteiger partial charge on any atom is 0.158 e. The van der Waals surface area contributed by atoms with E-state index >= 15 is 0 Å². The number of aryl methyl sites for hydroxylation is 1. The molecule has 0 radical (unpaired) electrons. The number of hydrogen-bond acceptors (Lipinski definition) is 1. The molecule has 1 nitrogen and oxygen atoms in total. The zero-order chi connectivity index (χ0) is 9.42. The lowest BCUT2D eigenvalue weighted by atomic mass is 10.0. The Kier molecular flexibility index (Phi) is 2.47. The van der Waals surface area contributed by atoms with Crippen LogP contribution in [0.5, 0.6) is 0 Å². The summed E-state index contributed by atoms with van der Waals surface area (Å²) >= 11 is 8.91. The van der Waals surface area contributed by atoms with E-state index in [4.69, 9.17) is 11.6 Å². The summed E-state index contributed by atoms with van der Waals surface area (Å²) in [7, 11) is 0. The highest BCUT2D eigenvalue weighted by Gasteiger charge is 2.17. The summed E-state index contributed by atoms with van der Waals surface area (Å²) in [5, 5.41) is 3.34. The number of fused-ring (bicyclic) bond motifs is 1. The fourth-order valence-electron chi connectivity index (χ4n) is 1.52. The molecule has 1 aromatic rings. The van der Waals surface area contributed by atoms with Crippen molar-refractivity contribution < 1.29 is 4.39 Å². The lowest BCUT2D eigenvalue weighted by molar-refractivity contribution is 0.619. The molecule has 1 heterocycles. The second-order valence-corrected chi connectivity index (χ2v) is 4.25. The van der Waals surface area contributed by atoms with Crippen molar-refractivity contribution in [1.29, 1.82) is 0 Å². The quantitative estimate of drug-likeness (QED) is 0.706. The Morgan fingerprint density at radius 3 is 3.08 bits per heavy atom. The Bertz CT molecular complexity index is 354. The molecule has 0 spiro atoms. The number of hydrogen-bond donors (Lipinski definition) is 1. The third kappa shape index (κ3) is 1.55. The average molecular weight is 265 g/mol. The van der Waals surface area contributed by atoms with Crippen LogP contribution in [0, 0.1) is 5.82 Å². The van der Waals surface area contributed by atoms with Crippen LogP contribution in [0.1, 0.15) is 12.0 Å². The number of benzene rings is 1. The van der Waals surface area contributed by atoms with Gasteiger partial charge < -0.3 is 5.32 Å². The molecule has 0 amide bonds. The van der Waals surface area contributed by atoms with E-state index in [1.165, 1.54) is 0 Å². The molecule has 2 rings (SSSR count). The Morgan fingerprint density at radius 1 is 1.54 bits per heavy atom. The van der Waals surface area contributed by atoms with Gasteiger partial charge in [0.25, 0.3) is 0 Å². The Morgan fingerprint density at radius 2 is 2.31 bits per heavy atom. The van der Waals surface area contributed by atoms with Crippen molar-refractivity contribution in [2.24, 2.45) is 0 Å². The molecule has 70 valence electrons. The standard InChI is InChI=1S/C9H8BrClFN/c10-7-8(12)6(11)4-5-2-1-3-13-9(5)7/h4,13H,1-3H2. The molecular formula is C9H8BrClFN. The highest BCUT2D eigenvalue weighted by atomic mass is 79.9. The van der Waals surface area contributed by atoms with E-state index in [1.807, 2.05) is 0 Å². The van der Waals surface area contributed by atoms with Crippen molar-refractivity contribution in [2.45, 2.75) is 12.8 Å². The van der Waals surface area contributed by atoms with Crippen LogP contribution in [0.3, 0.4) is 0 Å². The van der Waals surface area contributed by atoms with Crippen molar-refractivity contribution in [1.82, 2.24) is 0 Å². The van der Waals surface area contributed by atoms with E-state index in [1.54, 1.807) is 6.07 Å². The van der Waals surface area contributed by atoms with Gasteiger partial charge in [0.1, 0.15) is 0 Å². The molecule has 1 aliphatic rings. The second kappa shape index (κ2) is 3.46. The smallest absolute Gasteiger partial charge is 0.158 e. The van der Waals surface area contributed by atoms with Gasteiger partial charge in [-0.3, -0.25) is 0 Å². The van der Waals surface area contributed by atoms with Crippen LogP contribution < -0.4 is 5.32 Å². The van der Waals surface area contributed by atoms with Crippen LogP contribution >= 0.6 is 27.5 Å². The van der Waals surface area contributed by atoms with E-state index < -0.39 is 0 Å². The summed E-state index contributed by atoms with van der Waals surface area (Å²) in [6, 6.07) is 1.70. The molecule has 0 atom stereocenters. The first-order valence-corrected chi connectivity index (χ1v) is 5.27. The number of rotatable bonds is 0. The normalized spacial score (nSPS) is 15.0. The maximum atomic E-state index is 13.3. The van der Waals surface area contributed by atoms with Crippen LogP contribution in [0.2, 0.25) is 5.02 Å². The lowest BCUT2D eigenvalue weighted by Crippen LogP contribution is -2.12. The van der Waals surface area contributed by atoms with Crippen LogP contribution in [-0.2, 0) is 6.42 Å². The molecule has 0 aliphatic carbocycles. The minimum absolute atomic E-state index is 0.189. The molecule has 0 fully saturated rings. The molecule has 1 N–H and O–H groups in total. The zero-order valence-electron chi connectivity index (χ0n) is 6.83. The van der Waals surface area contributed by atoms with Crippen molar-refractivity contribution in [2.75, 3.05) is 11.9 Å². The van der Waals surface area contributed by atoms with E-state index in [9.17, 15) is 4.39 Å². The number of anilines is 1. The molecule has 13 heavy (non-hydrogen) atoms. The molecule has 0 aromatic heterocycles. The van der Waals surface area contributed by atoms with Gasteiger partial charge in [0.2, 0.25) is 0 Å². The topological polar surface area (TPSA) is 12.0 Å². The van der Waals surface area contributed by atoms with Crippen molar-refractivity contribution >= 4 is 33.2 Å². The van der Waals surface area contributed by atoms with E-state index in [0.717, 1.165) is 30.6 Å². The van der Waals surface area contributed by atoms with Crippen LogP contribution in [0.4, 0.5) is 10.1 Å². The average Bonchev–Trinajstić information content (AvgIpc) is 2.15. The summed E-state index contributed by atoms with van der Waals surface area (Å²) < 4.78 is 13.8. The largest absolute Gasteiger partial charge is 0.384 e. The predicted molar refractivity (Wildman–Crippen MR) is 55.9 cm³/mol. The molecular weight excluding hydrogens is 256 g/mol. The van der Waals surface area contributed by atoms with Crippen molar-refractivity contribution in [3.8, 4) is 0 Å². The maximum absolute atomic E-state index is 13.3. The summed E-state index contributed by atoms with van der Waals surface area (Å²) in [6.45, 7) is 0.896. The monoisotopic (exact) mass is 263 g/mol. The van der Waals surface area contributed by atoms with Gasteiger partial charge in [-0.05, 0) is 40.4 Å². The number of nitrogens with one attached hydrogen (secondary N) is 1. The van der Waals surface area contributed by atoms with E-state index in [-0.39, 0.29) is 10.8 Å². The van der Waals surface area contributed by atoms with Gasteiger partial charge in [0.15, 0.2) is 5.82 Å². The predicted octanol–water partition coefficient (Wildman–Crippen LogP) is 3.60. The summed E-state index contributed by atoms with van der Waals surface area (Å²) in [5.41, 5.74) is 1.94. The molecule has 0 saturated heterocycles. The zero-order valence-corrected chi connectivity index (χ0v) is 9.17. The molecule has 4 heteroatoms. The molecule has 0 unspecified atom stereocenters. The minimum atomic E-state index is -0.380. The first-order valence-electron chi connectivity index (χ1n) is 4.10. The second-order valence-electron chi connectivity index (χ2n) is 3.05. The summed E-state index contributed by atoms with van der Waals surface area (Å²) in [6.07, 6.45) is 2.03. The summed E-state index contributed by atoms with van der Waals surface area (Å²) in [5.74, 6) is -0.380. The molecule has 1 aromatic carbocycles. The highest BCUT2D eigenvalue weighted by Crippen LogP contribution is 2.36. The first kappa shape index (κ1) is 9.28. The van der Waals surface area contributed by atoms with Gasteiger partial charge in [-0.25, -0.2) is 4.39 Å². The van der Waals surface area contributed by atoms with E-state index in [2.05, 4.69) is 21.2 Å². The third-order valence-corrected chi connectivity index (χ3v) is 3.19. The third-order valence-electron chi connectivity index (χ3n) is 2.17. The van der Waals surface area contributed by atoms with Crippen molar-refractivity contribution in [3.63, 3.8) is 0 Å². The molecule has 1 aliphatic heterocycles. The van der Waals surface area contributed by atoms with Gasteiger partial charge >= 0.3 is 0 Å². The Labute approximate surface area is 89.4 Å². The Hall–Kier alpha value is -0.280. The van der Waals surface area contributed by atoms with Crippen LogP contribution in [-0.4, -0.2) is 6.54 Å². The number of halogens is 3. The van der Waals surface area contributed by atoms with Gasteiger partial charge in [-0.2, -0.15) is 0 Å². The van der Waals surface area contributed by atoms with Gasteiger partial charge in [0, 0.05) is 6.54 Å². The van der Waals surface area contributed by atoms with Gasteiger partial charge in [0.05, 0.1) is 15.2 Å². The lowest BCUT2D eigenvalue weighted by Gasteiger charge is -2.20. The Balaban J connectivity index is 2.60. The minimum Gasteiger partial charge on any atom is -0.384 e.